The minimum Gasteiger partial charge on any atom is -0.324 e. The van der Waals surface area contributed by atoms with E-state index in [-0.39, 0.29) is 28.9 Å². The summed E-state index contributed by atoms with van der Waals surface area (Å²) in [5.74, 6) is -1.06. The van der Waals surface area contributed by atoms with Gasteiger partial charge in [-0.15, -0.1) is 12.4 Å². The second-order valence-electron chi connectivity index (χ2n) is 4.02. The third kappa shape index (κ3) is 3.89. The standard InChI is InChI=1S/C11H14ClF2N.ClH/c1-6(2)3-10(15)11-8(13)4-7(12)5-9(11)14;/h4-6,10H,3,15H2,1-2H3;1H/t10-;/m1./s1. The first-order valence-electron chi connectivity index (χ1n) is 4.81. The van der Waals surface area contributed by atoms with E-state index in [1.165, 1.54) is 0 Å². The molecule has 1 nitrogen and oxygen atoms in total. The molecule has 0 aliphatic carbocycles. The number of halogens is 4. The van der Waals surface area contributed by atoms with E-state index in [4.69, 9.17) is 17.3 Å². The van der Waals surface area contributed by atoms with Crippen molar-refractivity contribution in [1.29, 1.82) is 0 Å². The van der Waals surface area contributed by atoms with Gasteiger partial charge in [-0.3, -0.25) is 0 Å². The lowest BCUT2D eigenvalue weighted by molar-refractivity contribution is 0.463. The van der Waals surface area contributed by atoms with Crippen molar-refractivity contribution in [3.8, 4) is 0 Å². The first kappa shape index (κ1) is 15.6. The smallest absolute Gasteiger partial charge is 0.132 e. The number of hydrogen-bond donors (Lipinski definition) is 1. The van der Waals surface area contributed by atoms with E-state index in [0.717, 1.165) is 12.1 Å². The van der Waals surface area contributed by atoms with Gasteiger partial charge in [-0.1, -0.05) is 25.4 Å². The summed E-state index contributed by atoms with van der Waals surface area (Å²) < 4.78 is 26.8. The molecule has 0 aliphatic heterocycles. The van der Waals surface area contributed by atoms with Crippen LogP contribution in [0.25, 0.3) is 0 Å². The highest BCUT2D eigenvalue weighted by atomic mass is 35.5. The summed E-state index contributed by atoms with van der Waals surface area (Å²) in [6, 6.07) is 1.54. The van der Waals surface area contributed by atoms with Crippen LogP contribution in [-0.2, 0) is 0 Å². The fourth-order valence-electron chi connectivity index (χ4n) is 1.53. The second kappa shape index (κ2) is 6.38. The molecule has 0 saturated carbocycles. The SMILES string of the molecule is CC(C)C[C@@H](N)c1c(F)cc(Cl)cc1F.Cl. The molecule has 92 valence electrons. The van der Waals surface area contributed by atoms with Crippen LogP contribution in [-0.4, -0.2) is 0 Å². The Labute approximate surface area is 105 Å². The topological polar surface area (TPSA) is 26.0 Å². The maximum Gasteiger partial charge on any atom is 0.132 e. The molecule has 0 saturated heterocycles. The van der Waals surface area contributed by atoms with Crippen molar-refractivity contribution in [1.82, 2.24) is 0 Å². The fourth-order valence-corrected chi connectivity index (χ4v) is 1.72. The third-order valence-electron chi connectivity index (χ3n) is 2.14. The molecule has 0 heterocycles. The quantitative estimate of drug-likeness (QED) is 0.879. The van der Waals surface area contributed by atoms with E-state index in [1.54, 1.807) is 0 Å². The zero-order valence-corrected chi connectivity index (χ0v) is 10.7. The Hall–Kier alpha value is -0.380. The van der Waals surface area contributed by atoms with Crippen molar-refractivity contribution in [2.45, 2.75) is 26.3 Å². The summed E-state index contributed by atoms with van der Waals surface area (Å²) in [6.07, 6.45) is 0.537. The van der Waals surface area contributed by atoms with Crippen molar-refractivity contribution in [2.75, 3.05) is 0 Å². The van der Waals surface area contributed by atoms with E-state index in [0.29, 0.717) is 6.42 Å². The van der Waals surface area contributed by atoms with Crippen LogP contribution in [0.4, 0.5) is 8.78 Å². The molecular weight excluding hydrogens is 255 g/mol. The lowest BCUT2D eigenvalue weighted by Crippen LogP contribution is -2.16. The minimum absolute atomic E-state index is 0. The maximum absolute atomic E-state index is 13.4. The van der Waals surface area contributed by atoms with Gasteiger partial charge in [0.05, 0.1) is 0 Å². The highest BCUT2D eigenvalue weighted by Crippen LogP contribution is 2.26. The average Bonchev–Trinajstić information content (AvgIpc) is 1.99. The van der Waals surface area contributed by atoms with Crippen LogP contribution >= 0.6 is 24.0 Å². The molecule has 0 fully saturated rings. The number of hydrogen-bond acceptors (Lipinski definition) is 1. The van der Waals surface area contributed by atoms with Gasteiger partial charge in [0, 0.05) is 16.6 Å². The van der Waals surface area contributed by atoms with Crippen LogP contribution in [0.3, 0.4) is 0 Å². The molecule has 0 radical (unpaired) electrons. The Morgan fingerprint density at radius 1 is 1.25 bits per heavy atom. The molecule has 1 rings (SSSR count). The van der Waals surface area contributed by atoms with Gasteiger partial charge in [-0.25, -0.2) is 8.78 Å². The molecular formula is C11H15Cl2F2N. The number of nitrogens with two attached hydrogens (primary N) is 1. The van der Waals surface area contributed by atoms with Crippen LogP contribution in [0.5, 0.6) is 0 Å². The zero-order chi connectivity index (χ0) is 11.6. The van der Waals surface area contributed by atoms with Gasteiger partial charge < -0.3 is 5.73 Å². The molecule has 0 amide bonds. The first-order chi connectivity index (χ1) is 6.91. The molecule has 16 heavy (non-hydrogen) atoms. The molecule has 1 aromatic rings. The highest BCUT2D eigenvalue weighted by Gasteiger charge is 2.18. The summed E-state index contributed by atoms with van der Waals surface area (Å²) >= 11 is 5.51. The number of benzene rings is 1. The van der Waals surface area contributed by atoms with Gasteiger partial charge in [-0.2, -0.15) is 0 Å². The van der Waals surface area contributed by atoms with Crippen molar-refractivity contribution in [2.24, 2.45) is 11.7 Å². The van der Waals surface area contributed by atoms with Crippen LogP contribution in [0.15, 0.2) is 12.1 Å². The Balaban J connectivity index is 0.00000225. The molecule has 0 bridgehead atoms. The van der Waals surface area contributed by atoms with Crippen LogP contribution in [0, 0.1) is 17.6 Å². The molecule has 1 aromatic carbocycles. The van der Waals surface area contributed by atoms with E-state index >= 15 is 0 Å². The first-order valence-corrected chi connectivity index (χ1v) is 5.19. The summed E-state index contributed by atoms with van der Waals surface area (Å²) in [7, 11) is 0. The van der Waals surface area contributed by atoms with Gasteiger partial charge in [0.25, 0.3) is 0 Å². The summed E-state index contributed by atoms with van der Waals surface area (Å²) in [5.41, 5.74) is 5.65. The largest absolute Gasteiger partial charge is 0.324 e. The predicted octanol–water partition coefficient (Wildman–Crippen LogP) is 4.09. The molecule has 0 aromatic heterocycles. The average molecular weight is 270 g/mol. The lowest BCUT2D eigenvalue weighted by Gasteiger charge is -2.16. The summed E-state index contributed by atoms with van der Waals surface area (Å²) in [4.78, 5) is 0. The lowest BCUT2D eigenvalue weighted by atomic mass is 9.97. The molecule has 1 atom stereocenters. The second-order valence-corrected chi connectivity index (χ2v) is 4.46. The van der Waals surface area contributed by atoms with Crippen molar-refractivity contribution in [3.63, 3.8) is 0 Å². The maximum atomic E-state index is 13.4. The van der Waals surface area contributed by atoms with Gasteiger partial charge in [0.1, 0.15) is 11.6 Å². The fraction of sp³-hybridized carbons (Fsp3) is 0.455. The van der Waals surface area contributed by atoms with Crippen LogP contribution in [0.1, 0.15) is 31.9 Å². The van der Waals surface area contributed by atoms with Gasteiger partial charge in [0.2, 0.25) is 0 Å². The Kier molecular flexibility index (Phi) is 6.23. The van der Waals surface area contributed by atoms with Gasteiger partial charge in [0.15, 0.2) is 0 Å². The highest BCUT2D eigenvalue weighted by molar-refractivity contribution is 6.30. The van der Waals surface area contributed by atoms with Crippen molar-refractivity contribution >= 4 is 24.0 Å². The monoisotopic (exact) mass is 269 g/mol. The Morgan fingerprint density at radius 3 is 2.06 bits per heavy atom. The summed E-state index contributed by atoms with van der Waals surface area (Å²) in [5, 5.41) is 0.0468. The van der Waals surface area contributed by atoms with E-state index < -0.39 is 17.7 Å². The molecule has 0 spiro atoms. The third-order valence-corrected chi connectivity index (χ3v) is 2.36. The molecule has 0 aliphatic rings. The van der Waals surface area contributed by atoms with Crippen molar-refractivity contribution < 1.29 is 8.78 Å². The Bertz CT molecular complexity index is 333. The molecule has 5 heteroatoms. The van der Waals surface area contributed by atoms with Crippen LogP contribution in [0.2, 0.25) is 5.02 Å². The zero-order valence-electron chi connectivity index (χ0n) is 9.14. The predicted molar refractivity (Wildman–Crippen MR) is 65.0 cm³/mol. The van der Waals surface area contributed by atoms with Gasteiger partial charge >= 0.3 is 0 Å². The van der Waals surface area contributed by atoms with E-state index in [2.05, 4.69) is 0 Å². The van der Waals surface area contributed by atoms with E-state index in [1.807, 2.05) is 13.8 Å². The molecule has 0 unspecified atom stereocenters. The van der Waals surface area contributed by atoms with Crippen LogP contribution < -0.4 is 5.73 Å². The minimum atomic E-state index is -0.673. The molecule has 2 N–H and O–H groups in total. The van der Waals surface area contributed by atoms with Gasteiger partial charge in [-0.05, 0) is 24.5 Å². The van der Waals surface area contributed by atoms with E-state index in [9.17, 15) is 8.78 Å². The summed E-state index contributed by atoms with van der Waals surface area (Å²) in [6.45, 7) is 3.90. The normalized spacial score (nSPS) is 12.4. The van der Waals surface area contributed by atoms with Crippen molar-refractivity contribution in [3.05, 3.63) is 34.4 Å². The Morgan fingerprint density at radius 2 is 1.69 bits per heavy atom. The number of rotatable bonds is 3.